The van der Waals surface area contributed by atoms with Gasteiger partial charge in [0, 0.05) is 47.0 Å². The van der Waals surface area contributed by atoms with E-state index in [1.807, 2.05) is 61.0 Å². The zero-order valence-electron chi connectivity index (χ0n) is 24.7. The molecule has 2 aromatic heterocycles. The molecule has 0 aliphatic carbocycles. The van der Waals surface area contributed by atoms with Crippen molar-refractivity contribution in [1.82, 2.24) is 31.2 Å². The van der Waals surface area contributed by atoms with E-state index in [9.17, 15) is 19.2 Å². The Hall–Kier alpha value is -4.29. The molecule has 1 fully saturated rings. The molecule has 1 saturated heterocycles. The number of hydrogen-bond acceptors (Lipinski definition) is 6. The first kappa shape index (κ1) is 31.1. The number of aromatic amines is 2. The van der Waals surface area contributed by atoms with Crippen LogP contribution in [0, 0.1) is 0 Å². The monoisotopic (exact) mass is 617 g/mol. The molecular weight excluding hydrogens is 578 g/mol. The van der Waals surface area contributed by atoms with E-state index in [1.165, 1.54) is 11.8 Å². The number of amides is 4. The van der Waals surface area contributed by atoms with Crippen LogP contribution in [-0.4, -0.2) is 76.3 Å². The highest BCUT2D eigenvalue weighted by molar-refractivity contribution is 7.98. The Bertz CT molecular complexity index is 1630. The predicted molar refractivity (Wildman–Crippen MR) is 173 cm³/mol. The van der Waals surface area contributed by atoms with Gasteiger partial charge in [0.2, 0.25) is 23.6 Å². The summed E-state index contributed by atoms with van der Waals surface area (Å²) in [5, 5.41) is 13.6. The van der Waals surface area contributed by atoms with Crippen LogP contribution in [0.1, 0.15) is 30.4 Å². The summed E-state index contributed by atoms with van der Waals surface area (Å²) in [6.45, 7) is 0.744. The molecule has 3 heterocycles. The molecule has 5 rings (SSSR count). The summed E-state index contributed by atoms with van der Waals surface area (Å²) in [5.41, 5.74) is 9.28. The van der Waals surface area contributed by atoms with Crippen molar-refractivity contribution >= 4 is 57.2 Å². The maximum atomic E-state index is 13.8. The van der Waals surface area contributed by atoms with E-state index in [-0.39, 0.29) is 24.8 Å². The number of primary amides is 1. The predicted octanol–water partition coefficient (Wildman–Crippen LogP) is 1.88. The third kappa shape index (κ3) is 7.43. The maximum absolute atomic E-state index is 13.8. The molecule has 0 radical (unpaired) electrons. The fourth-order valence-corrected chi connectivity index (χ4v) is 6.17. The molecule has 8 N–H and O–H groups in total. The van der Waals surface area contributed by atoms with Gasteiger partial charge in [-0.1, -0.05) is 36.4 Å². The number of carbonyl (C=O) groups is 4. The number of benzene rings is 2. The van der Waals surface area contributed by atoms with Gasteiger partial charge >= 0.3 is 0 Å². The van der Waals surface area contributed by atoms with Crippen molar-refractivity contribution in [3.63, 3.8) is 0 Å². The van der Waals surface area contributed by atoms with E-state index in [1.54, 1.807) is 6.20 Å². The summed E-state index contributed by atoms with van der Waals surface area (Å²) in [4.78, 5) is 59.4. The van der Waals surface area contributed by atoms with Crippen LogP contribution in [0.5, 0.6) is 0 Å². The second-order valence-corrected chi connectivity index (χ2v) is 12.1. The number of thioether (sulfide) groups is 1. The average Bonchev–Trinajstić information content (AvgIpc) is 3.79. The molecule has 44 heavy (non-hydrogen) atoms. The van der Waals surface area contributed by atoms with Gasteiger partial charge in [-0.3, -0.25) is 19.2 Å². The Labute approximate surface area is 259 Å². The smallest absolute Gasteiger partial charge is 0.243 e. The minimum Gasteiger partial charge on any atom is -0.368 e. The number of hydrogen-bond donors (Lipinski definition) is 7. The van der Waals surface area contributed by atoms with Gasteiger partial charge in [0.1, 0.15) is 18.1 Å². The Morgan fingerprint density at radius 1 is 0.841 bits per heavy atom. The Morgan fingerprint density at radius 3 is 1.98 bits per heavy atom. The molecule has 2 aromatic carbocycles. The van der Waals surface area contributed by atoms with Gasteiger partial charge in [-0.25, -0.2) is 0 Å². The number of rotatable bonds is 14. The molecule has 0 spiro atoms. The molecule has 3 unspecified atom stereocenters. The van der Waals surface area contributed by atoms with Gasteiger partial charge in [0.25, 0.3) is 0 Å². The van der Waals surface area contributed by atoms with Crippen molar-refractivity contribution < 1.29 is 19.2 Å². The summed E-state index contributed by atoms with van der Waals surface area (Å²) in [7, 11) is 0. The van der Waals surface area contributed by atoms with Crippen molar-refractivity contribution in [1.29, 1.82) is 0 Å². The highest BCUT2D eigenvalue weighted by Gasteiger charge is 2.32. The van der Waals surface area contributed by atoms with Crippen LogP contribution in [0.4, 0.5) is 0 Å². The number of para-hydroxylation sites is 2. The van der Waals surface area contributed by atoms with Crippen molar-refractivity contribution in [2.24, 2.45) is 5.73 Å². The van der Waals surface area contributed by atoms with Gasteiger partial charge in [-0.2, -0.15) is 11.8 Å². The lowest BCUT2D eigenvalue weighted by Crippen LogP contribution is -2.58. The number of fused-ring (bicyclic) bond motifs is 2. The van der Waals surface area contributed by atoms with Crippen molar-refractivity contribution in [3.05, 3.63) is 72.1 Å². The van der Waals surface area contributed by atoms with E-state index in [0.29, 0.717) is 18.6 Å². The standard InChI is InChI=1S/C32H39N7O4S/c1-44-14-12-26(31(42)38-27(29(33)40)15-19-17-35-23-9-4-2-7-21(19)23)37-32(43)28(39-30(41)25-11-6-13-34-25)16-20-18-36-24-10-5-3-8-22(20)24/h2-5,7-10,17-18,25-28,34-36H,6,11-16H2,1H3,(H2,33,40)(H,37,43)(H,38,42)(H,39,41)/t25?,26?,27-,28?/m1/s1. The molecule has 232 valence electrons. The summed E-state index contributed by atoms with van der Waals surface area (Å²) < 4.78 is 0. The van der Waals surface area contributed by atoms with Crippen LogP contribution in [-0.2, 0) is 32.0 Å². The van der Waals surface area contributed by atoms with Gasteiger partial charge in [-0.15, -0.1) is 0 Å². The molecular formula is C32H39N7O4S. The van der Waals surface area contributed by atoms with Crippen LogP contribution in [0.15, 0.2) is 60.9 Å². The minimum atomic E-state index is -0.981. The normalized spacial score (nSPS) is 16.8. The molecule has 1 aliphatic heterocycles. The lowest BCUT2D eigenvalue weighted by atomic mass is 10.0. The lowest BCUT2D eigenvalue weighted by Gasteiger charge is -2.25. The van der Waals surface area contributed by atoms with E-state index in [4.69, 9.17) is 5.73 Å². The molecule has 12 heteroatoms. The third-order valence-corrected chi connectivity index (χ3v) is 8.76. The minimum absolute atomic E-state index is 0.196. The topological polar surface area (TPSA) is 174 Å². The van der Waals surface area contributed by atoms with Crippen LogP contribution in [0.25, 0.3) is 21.8 Å². The van der Waals surface area contributed by atoms with Gasteiger partial charge in [-0.05, 0) is 61.1 Å². The highest BCUT2D eigenvalue weighted by atomic mass is 32.2. The Balaban J connectivity index is 1.33. The fourth-order valence-electron chi connectivity index (χ4n) is 5.70. The van der Waals surface area contributed by atoms with E-state index in [0.717, 1.165) is 45.9 Å². The first-order valence-electron chi connectivity index (χ1n) is 14.9. The first-order valence-corrected chi connectivity index (χ1v) is 16.3. The number of carbonyl (C=O) groups excluding carboxylic acids is 4. The van der Waals surface area contributed by atoms with Crippen LogP contribution in [0.3, 0.4) is 0 Å². The zero-order valence-corrected chi connectivity index (χ0v) is 25.5. The number of nitrogens with two attached hydrogens (primary N) is 1. The second-order valence-electron chi connectivity index (χ2n) is 11.1. The first-order chi connectivity index (χ1) is 21.3. The molecule has 0 saturated carbocycles. The maximum Gasteiger partial charge on any atom is 0.243 e. The van der Waals surface area contributed by atoms with E-state index >= 15 is 0 Å². The number of aromatic nitrogens is 2. The van der Waals surface area contributed by atoms with Crippen molar-refractivity contribution in [2.75, 3.05) is 18.6 Å². The molecule has 4 amide bonds. The molecule has 1 aliphatic rings. The van der Waals surface area contributed by atoms with Gasteiger partial charge < -0.3 is 37.0 Å². The largest absolute Gasteiger partial charge is 0.368 e. The quantitative estimate of drug-likeness (QED) is 0.114. The summed E-state index contributed by atoms with van der Waals surface area (Å²) in [5.74, 6) is -1.32. The van der Waals surface area contributed by atoms with Crippen LogP contribution < -0.4 is 27.0 Å². The SMILES string of the molecule is CSCCC(NC(=O)C(Cc1c[nH]c2ccccc12)NC(=O)C1CCCN1)C(=O)N[C@H](Cc1c[nH]c2ccccc12)C(N)=O. The van der Waals surface area contributed by atoms with Gasteiger partial charge in [0.15, 0.2) is 0 Å². The van der Waals surface area contributed by atoms with Gasteiger partial charge in [0.05, 0.1) is 6.04 Å². The summed E-state index contributed by atoms with van der Waals surface area (Å²) in [6.07, 6.45) is 7.88. The molecule has 4 atom stereocenters. The van der Waals surface area contributed by atoms with Crippen LogP contribution >= 0.6 is 11.8 Å². The Morgan fingerprint density at radius 2 is 1.41 bits per heavy atom. The van der Waals surface area contributed by atoms with Crippen LogP contribution in [0.2, 0.25) is 0 Å². The zero-order chi connectivity index (χ0) is 31.1. The Kier molecular flexibility index (Phi) is 10.2. The second kappa shape index (κ2) is 14.5. The van der Waals surface area contributed by atoms with Crippen molar-refractivity contribution in [2.45, 2.75) is 56.3 Å². The number of nitrogens with one attached hydrogen (secondary N) is 6. The summed E-state index contributed by atoms with van der Waals surface area (Å²) >= 11 is 1.54. The molecule has 11 nitrogen and oxygen atoms in total. The average molecular weight is 618 g/mol. The molecule has 0 bridgehead atoms. The lowest BCUT2D eigenvalue weighted by molar-refractivity contribution is -0.133. The van der Waals surface area contributed by atoms with Crippen molar-refractivity contribution in [3.8, 4) is 0 Å². The highest BCUT2D eigenvalue weighted by Crippen LogP contribution is 2.21. The van der Waals surface area contributed by atoms with E-state index < -0.39 is 35.8 Å². The fraction of sp³-hybridized carbons (Fsp3) is 0.375. The van der Waals surface area contributed by atoms with E-state index in [2.05, 4.69) is 31.2 Å². The number of H-pyrrole nitrogens is 2. The molecule has 4 aromatic rings. The summed E-state index contributed by atoms with van der Waals surface area (Å²) in [6, 6.07) is 12.2. The third-order valence-electron chi connectivity index (χ3n) is 8.11.